The van der Waals surface area contributed by atoms with Crippen LogP contribution in [0.3, 0.4) is 0 Å². The Bertz CT molecular complexity index is 126. The molecule has 0 aromatic rings. The monoisotopic (exact) mass is 164 g/mol. The fraction of sp³-hybridized carbons (Fsp3) is 1.00. The molecule has 10 heavy (non-hydrogen) atoms. The van der Waals surface area contributed by atoms with Crippen LogP contribution in [0.5, 0.6) is 0 Å². The van der Waals surface area contributed by atoms with Gasteiger partial charge in [0.05, 0.1) is 0 Å². The van der Waals surface area contributed by atoms with Gasteiger partial charge in [0.2, 0.25) is 0 Å². The Labute approximate surface area is 63.5 Å². The van der Waals surface area contributed by atoms with E-state index in [1.165, 1.54) is 0 Å². The van der Waals surface area contributed by atoms with Gasteiger partial charge in [-0.25, -0.2) is 0 Å². The van der Waals surface area contributed by atoms with E-state index in [2.05, 4.69) is 20.8 Å². The third-order valence-corrected chi connectivity index (χ3v) is 2.39. The van der Waals surface area contributed by atoms with Gasteiger partial charge >= 0.3 is 0 Å². The highest BCUT2D eigenvalue weighted by Gasteiger charge is 2.17. The van der Waals surface area contributed by atoms with Crippen LogP contribution in [0.1, 0.15) is 34.1 Å². The summed E-state index contributed by atoms with van der Waals surface area (Å²) >= 11 is 0. The van der Waals surface area contributed by atoms with Gasteiger partial charge in [-0.2, -0.15) is 0 Å². The molecule has 0 fully saturated rings. The largest absolute Gasteiger partial charge is 0.346 e. The Morgan fingerprint density at radius 3 is 2.00 bits per heavy atom. The van der Waals surface area contributed by atoms with Crippen molar-refractivity contribution in [3.63, 3.8) is 0 Å². The minimum atomic E-state index is -2.30. The van der Waals surface area contributed by atoms with Crippen molar-refractivity contribution >= 4 is 8.03 Å². The molecule has 62 valence electrons. The zero-order chi connectivity index (χ0) is 8.36. The van der Waals surface area contributed by atoms with Gasteiger partial charge in [0.1, 0.15) is 0 Å². The molecule has 0 saturated carbocycles. The smallest absolute Gasteiger partial charge is 0.191 e. The maximum Gasteiger partial charge on any atom is 0.191 e. The molecule has 0 saturated heterocycles. The molecule has 0 spiro atoms. The average molecular weight is 164 g/mol. The molecule has 0 radical (unpaired) electrons. The molecule has 0 rings (SSSR count). The lowest BCUT2D eigenvalue weighted by Crippen LogP contribution is -2.11. The highest BCUT2D eigenvalue weighted by molar-refractivity contribution is 7.38. The molecule has 0 aromatic carbocycles. The third kappa shape index (κ3) is 5.01. The normalized spacial score (nSPS) is 18.5. The quantitative estimate of drug-likeness (QED) is 0.636. The summed E-state index contributed by atoms with van der Waals surface area (Å²) in [6.45, 7) is 8.06. The summed E-state index contributed by atoms with van der Waals surface area (Å²) in [4.78, 5) is 8.73. The van der Waals surface area contributed by atoms with Gasteiger partial charge in [-0.3, -0.25) is 4.57 Å². The van der Waals surface area contributed by atoms with E-state index in [9.17, 15) is 4.57 Å². The van der Waals surface area contributed by atoms with Crippen LogP contribution < -0.4 is 0 Å². The molecule has 0 aliphatic rings. The van der Waals surface area contributed by atoms with E-state index in [1.54, 1.807) is 0 Å². The average Bonchev–Trinajstić information content (AvgIpc) is 1.60. The highest BCUT2D eigenvalue weighted by Crippen LogP contribution is 2.32. The van der Waals surface area contributed by atoms with Crippen LogP contribution >= 0.6 is 8.03 Å². The Balaban J connectivity index is 3.80. The molecule has 2 nitrogen and oxygen atoms in total. The summed E-state index contributed by atoms with van der Waals surface area (Å²) in [5, 5.41) is 0. The Kier molecular flexibility index (Phi) is 3.61. The lowest BCUT2D eigenvalue weighted by molar-refractivity contribution is 0.364. The minimum absolute atomic E-state index is 0.0370. The summed E-state index contributed by atoms with van der Waals surface area (Å²) < 4.78 is 10.6. The second-order valence-corrected chi connectivity index (χ2v) is 5.67. The third-order valence-electron chi connectivity index (χ3n) is 1.34. The molecule has 0 amide bonds. The summed E-state index contributed by atoms with van der Waals surface area (Å²) in [7, 11) is -2.30. The van der Waals surface area contributed by atoms with Crippen molar-refractivity contribution in [2.75, 3.05) is 0 Å². The first kappa shape index (κ1) is 10.2. The lowest BCUT2D eigenvalue weighted by atomic mass is 9.91. The Hall–Kier alpha value is 0.190. The van der Waals surface area contributed by atoms with Crippen molar-refractivity contribution in [2.45, 2.75) is 39.8 Å². The van der Waals surface area contributed by atoms with E-state index in [1.807, 2.05) is 6.92 Å². The first-order valence-electron chi connectivity index (χ1n) is 3.56. The molecule has 0 bridgehead atoms. The number of hydrogen-bond acceptors (Lipinski definition) is 1. The van der Waals surface area contributed by atoms with Gasteiger partial charge in [0.15, 0.2) is 8.03 Å². The zero-order valence-electron chi connectivity index (χ0n) is 7.14. The maximum atomic E-state index is 10.6. The first-order chi connectivity index (χ1) is 4.33. The van der Waals surface area contributed by atoms with Crippen molar-refractivity contribution in [2.24, 2.45) is 5.41 Å². The zero-order valence-corrected chi connectivity index (χ0v) is 8.14. The van der Waals surface area contributed by atoms with E-state index >= 15 is 0 Å². The minimum Gasteiger partial charge on any atom is -0.346 e. The van der Waals surface area contributed by atoms with Crippen LogP contribution in [0.4, 0.5) is 0 Å². The predicted octanol–water partition coefficient (Wildman–Crippen LogP) is 2.28. The van der Waals surface area contributed by atoms with Gasteiger partial charge < -0.3 is 4.89 Å². The van der Waals surface area contributed by atoms with Crippen molar-refractivity contribution in [1.82, 2.24) is 0 Å². The molecule has 3 heteroatoms. The van der Waals surface area contributed by atoms with Gasteiger partial charge in [-0.05, 0) is 11.8 Å². The van der Waals surface area contributed by atoms with Crippen LogP contribution in [0, 0.1) is 5.41 Å². The highest BCUT2D eigenvalue weighted by atomic mass is 31.1. The van der Waals surface area contributed by atoms with Crippen molar-refractivity contribution in [3.8, 4) is 0 Å². The summed E-state index contributed by atoms with van der Waals surface area (Å²) in [5.41, 5.74) is 0.132. The number of rotatable bonds is 2. The molecule has 2 unspecified atom stereocenters. The van der Waals surface area contributed by atoms with Gasteiger partial charge in [0, 0.05) is 5.66 Å². The second kappa shape index (κ2) is 3.54. The predicted molar refractivity (Wildman–Crippen MR) is 44.8 cm³/mol. The van der Waals surface area contributed by atoms with Crippen LogP contribution in [-0.4, -0.2) is 10.6 Å². The van der Waals surface area contributed by atoms with Crippen LogP contribution in [0.2, 0.25) is 0 Å². The summed E-state index contributed by atoms with van der Waals surface area (Å²) in [5.74, 6) is 0. The number of hydrogen-bond donors (Lipinski definition) is 1. The fourth-order valence-electron chi connectivity index (χ4n) is 1.01. The lowest BCUT2D eigenvalue weighted by Gasteiger charge is -2.20. The standard InChI is InChI=1S/C7H17O2P/c1-6(10(8)9)5-7(2,3)4/h6,10H,5H2,1-4H3,(H,8,9). The topological polar surface area (TPSA) is 37.3 Å². The van der Waals surface area contributed by atoms with E-state index in [-0.39, 0.29) is 11.1 Å². The van der Waals surface area contributed by atoms with E-state index in [0.717, 1.165) is 6.42 Å². The van der Waals surface area contributed by atoms with E-state index < -0.39 is 8.03 Å². The summed E-state index contributed by atoms with van der Waals surface area (Å²) in [6.07, 6.45) is 0.821. The van der Waals surface area contributed by atoms with Gasteiger partial charge in [-0.1, -0.05) is 27.7 Å². The van der Waals surface area contributed by atoms with Crippen LogP contribution in [0.15, 0.2) is 0 Å². The molecular weight excluding hydrogens is 147 g/mol. The SMILES string of the molecule is CC(CC(C)(C)C)[PH](=O)O. The van der Waals surface area contributed by atoms with Crippen molar-refractivity contribution in [3.05, 3.63) is 0 Å². The van der Waals surface area contributed by atoms with Crippen LogP contribution in [-0.2, 0) is 4.57 Å². The molecular formula is C7H17O2P. The maximum absolute atomic E-state index is 10.6. The molecule has 0 aliphatic heterocycles. The van der Waals surface area contributed by atoms with E-state index in [4.69, 9.17) is 4.89 Å². The Morgan fingerprint density at radius 2 is 1.90 bits per heavy atom. The van der Waals surface area contributed by atoms with Gasteiger partial charge in [0.25, 0.3) is 0 Å². The van der Waals surface area contributed by atoms with Crippen molar-refractivity contribution < 1.29 is 9.46 Å². The van der Waals surface area contributed by atoms with Crippen molar-refractivity contribution in [1.29, 1.82) is 0 Å². The summed E-state index contributed by atoms with van der Waals surface area (Å²) in [6, 6.07) is 0. The van der Waals surface area contributed by atoms with Gasteiger partial charge in [-0.15, -0.1) is 0 Å². The molecule has 0 aromatic heterocycles. The molecule has 1 N–H and O–H groups in total. The fourth-order valence-corrected chi connectivity index (χ4v) is 1.79. The second-order valence-electron chi connectivity index (χ2n) is 4.00. The first-order valence-corrected chi connectivity index (χ1v) is 4.99. The molecule has 0 aliphatic carbocycles. The molecule has 2 atom stereocenters. The van der Waals surface area contributed by atoms with E-state index in [0.29, 0.717) is 0 Å². The Morgan fingerprint density at radius 1 is 1.50 bits per heavy atom. The molecule has 0 heterocycles. The van der Waals surface area contributed by atoms with Crippen LogP contribution in [0.25, 0.3) is 0 Å².